The highest BCUT2D eigenvalue weighted by molar-refractivity contribution is 6.31. The molecule has 1 aromatic carbocycles. The maximum atomic E-state index is 11.9. The topological polar surface area (TPSA) is 67.6 Å². The molecule has 0 radical (unpaired) electrons. The van der Waals surface area contributed by atoms with Gasteiger partial charge in [-0.1, -0.05) is 11.6 Å². The Bertz CT molecular complexity index is 474. The zero-order chi connectivity index (χ0) is 15.1. The lowest BCUT2D eigenvalue weighted by atomic mass is 10.2. The Morgan fingerprint density at radius 3 is 3.10 bits per heavy atom. The van der Waals surface area contributed by atoms with Crippen molar-refractivity contribution in [2.45, 2.75) is 19.3 Å². The first-order valence-corrected chi connectivity index (χ1v) is 7.68. The second-order valence-corrected chi connectivity index (χ2v) is 5.63. The number of carbonyl (C=O) groups excluding carboxylic acids is 1. The predicted octanol–water partition coefficient (Wildman–Crippen LogP) is 2.36. The highest BCUT2D eigenvalue weighted by Crippen LogP contribution is 2.23. The normalized spacial score (nSPS) is 16.4. The van der Waals surface area contributed by atoms with Crippen LogP contribution in [-0.2, 0) is 9.53 Å². The third kappa shape index (κ3) is 5.53. The number of halogens is 1. The molecule has 0 atom stereocenters. The average molecular weight is 312 g/mol. The van der Waals surface area contributed by atoms with E-state index in [1.165, 1.54) is 0 Å². The Morgan fingerprint density at radius 2 is 2.24 bits per heavy atom. The van der Waals surface area contributed by atoms with Gasteiger partial charge in [-0.15, -0.1) is 0 Å². The lowest BCUT2D eigenvalue weighted by molar-refractivity contribution is -0.116. The van der Waals surface area contributed by atoms with Crippen LogP contribution >= 0.6 is 11.6 Å². The van der Waals surface area contributed by atoms with Crippen molar-refractivity contribution < 1.29 is 9.53 Å². The van der Waals surface area contributed by atoms with Crippen LogP contribution in [0.5, 0.6) is 0 Å². The fourth-order valence-electron chi connectivity index (χ4n) is 2.33. The molecule has 0 unspecified atom stereocenters. The summed E-state index contributed by atoms with van der Waals surface area (Å²) in [6, 6.07) is 5.06. The molecule has 21 heavy (non-hydrogen) atoms. The van der Waals surface area contributed by atoms with Gasteiger partial charge in [0, 0.05) is 31.1 Å². The van der Waals surface area contributed by atoms with E-state index < -0.39 is 0 Å². The van der Waals surface area contributed by atoms with Crippen molar-refractivity contribution in [1.29, 1.82) is 0 Å². The van der Waals surface area contributed by atoms with Gasteiger partial charge in [0.2, 0.25) is 5.91 Å². The van der Waals surface area contributed by atoms with Gasteiger partial charge in [-0.3, -0.25) is 4.79 Å². The summed E-state index contributed by atoms with van der Waals surface area (Å²) in [5, 5.41) is 3.37. The molecule has 6 heteroatoms. The molecule has 1 aromatic rings. The summed E-state index contributed by atoms with van der Waals surface area (Å²) < 4.78 is 5.41. The van der Waals surface area contributed by atoms with E-state index in [9.17, 15) is 4.79 Å². The molecule has 1 aliphatic rings. The van der Waals surface area contributed by atoms with Crippen molar-refractivity contribution in [3.8, 4) is 0 Å². The molecule has 0 spiro atoms. The molecule has 2 rings (SSSR count). The highest BCUT2D eigenvalue weighted by atomic mass is 35.5. The van der Waals surface area contributed by atoms with Crippen molar-refractivity contribution >= 4 is 28.9 Å². The molecule has 1 heterocycles. The van der Waals surface area contributed by atoms with Crippen molar-refractivity contribution in [3.05, 3.63) is 23.2 Å². The van der Waals surface area contributed by atoms with Crippen LogP contribution in [0.25, 0.3) is 0 Å². The van der Waals surface area contributed by atoms with Gasteiger partial charge in [0.1, 0.15) is 0 Å². The van der Waals surface area contributed by atoms with E-state index in [-0.39, 0.29) is 5.91 Å². The SMILES string of the molecule is Nc1ccc(Cl)cc1NC(=O)CCCN1CCCOCC1. The zero-order valence-electron chi connectivity index (χ0n) is 12.1. The van der Waals surface area contributed by atoms with Gasteiger partial charge < -0.3 is 20.7 Å². The van der Waals surface area contributed by atoms with E-state index in [1.807, 2.05) is 0 Å². The molecule has 0 aliphatic carbocycles. The Balaban J connectivity index is 1.73. The summed E-state index contributed by atoms with van der Waals surface area (Å²) in [4.78, 5) is 14.3. The minimum Gasteiger partial charge on any atom is -0.397 e. The smallest absolute Gasteiger partial charge is 0.224 e. The number of nitrogens with one attached hydrogen (secondary N) is 1. The molecule has 1 amide bonds. The van der Waals surface area contributed by atoms with Crippen LogP contribution < -0.4 is 11.1 Å². The second-order valence-electron chi connectivity index (χ2n) is 5.19. The molecule has 0 aromatic heterocycles. The van der Waals surface area contributed by atoms with Crippen molar-refractivity contribution in [1.82, 2.24) is 4.90 Å². The van der Waals surface area contributed by atoms with E-state index in [0.717, 1.165) is 45.7 Å². The fraction of sp³-hybridized carbons (Fsp3) is 0.533. The standard InChI is InChI=1S/C15H22ClN3O2/c16-12-4-5-13(17)14(11-12)18-15(20)3-1-6-19-7-2-9-21-10-8-19/h4-5,11H,1-3,6-10,17H2,(H,18,20). The number of nitrogens with zero attached hydrogens (tertiary/aromatic N) is 1. The number of rotatable bonds is 5. The number of benzene rings is 1. The second kappa shape index (κ2) is 8.22. The van der Waals surface area contributed by atoms with Gasteiger partial charge >= 0.3 is 0 Å². The summed E-state index contributed by atoms with van der Waals surface area (Å²) in [5.41, 5.74) is 6.91. The highest BCUT2D eigenvalue weighted by Gasteiger charge is 2.10. The van der Waals surface area contributed by atoms with Crippen LogP contribution in [0.2, 0.25) is 5.02 Å². The van der Waals surface area contributed by atoms with Crippen molar-refractivity contribution in [3.63, 3.8) is 0 Å². The molecule has 1 fully saturated rings. The Labute approximate surface area is 130 Å². The molecule has 3 N–H and O–H groups in total. The molecular formula is C15H22ClN3O2. The Morgan fingerprint density at radius 1 is 1.38 bits per heavy atom. The number of nitrogen functional groups attached to an aromatic ring is 1. The van der Waals surface area contributed by atoms with Crippen LogP contribution in [0.3, 0.4) is 0 Å². The first-order chi connectivity index (χ1) is 10.1. The third-order valence-electron chi connectivity index (χ3n) is 3.48. The van der Waals surface area contributed by atoms with E-state index in [4.69, 9.17) is 22.1 Å². The summed E-state index contributed by atoms with van der Waals surface area (Å²) in [6.45, 7) is 4.53. The minimum atomic E-state index is -0.0324. The maximum absolute atomic E-state index is 11.9. The van der Waals surface area contributed by atoms with Gasteiger partial charge in [0.15, 0.2) is 0 Å². The monoisotopic (exact) mass is 311 g/mol. The van der Waals surface area contributed by atoms with Crippen LogP contribution in [0.4, 0.5) is 11.4 Å². The number of hydrogen-bond acceptors (Lipinski definition) is 4. The van der Waals surface area contributed by atoms with Gasteiger partial charge in [0.25, 0.3) is 0 Å². The Kier molecular flexibility index (Phi) is 6.29. The van der Waals surface area contributed by atoms with Crippen LogP contribution in [0.15, 0.2) is 18.2 Å². The largest absolute Gasteiger partial charge is 0.397 e. The quantitative estimate of drug-likeness (QED) is 0.819. The van der Waals surface area contributed by atoms with Crippen LogP contribution in [-0.4, -0.2) is 43.7 Å². The predicted molar refractivity (Wildman–Crippen MR) is 85.6 cm³/mol. The van der Waals surface area contributed by atoms with E-state index in [0.29, 0.717) is 22.8 Å². The molecule has 0 saturated carbocycles. The first-order valence-electron chi connectivity index (χ1n) is 7.30. The maximum Gasteiger partial charge on any atom is 0.224 e. The van der Waals surface area contributed by atoms with E-state index in [2.05, 4.69) is 10.2 Å². The summed E-state index contributed by atoms with van der Waals surface area (Å²) >= 11 is 5.90. The van der Waals surface area contributed by atoms with Crippen LogP contribution in [0.1, 0.15) is 19.3 Å². The number of amides is 1. The zero-order valence-corrected chi connectivity index (χ0v) is 12.9. The number of carbonyl (C=O) groups is 1. The Hall–Kier alpha value is -1.30. The average Bonchev–Trinajstić information content (AvgIpc) is 2.72. The van der Waals surface area contributed by atoms with Crippen molar-refractivity contribution in [2.24, 2.45) is 0 Å². The number of anilines is 2. The number of ether oxygens (including phenoxy) is 1. The molecule has 1 aliphatic heterocycles. The lowest BCUT2D eigenvalue weighted by Gasteiger charge is -2.18. The molecule has 116 valence electrons. The molecule has 0 bridgehead atoms. The molecular weight excluding hydrogens is 290 g/mol. The van der Waals surface area contributed by atoms with Gasteiger partial charge in [0.05, 0.1) is 18.0 Å². The van der Waals surface area contributed by atoms with Crippen LogP contribution in [0, 0.1) is 0 Å². The fourth-order valence-corrected chi connectivity index (χ4v) is 2.51. The number of nitrogens with two attached hydrogens (primary N) is 1. The van der Waals surface area contributed by atoms with Crippen molar-refractivity contribution in [2.75, 3.05) is 43.9 Å². The van der Waals surface area contributed by atoms with Gasteiger partial charge in [-0.2, -0.15) is 0 Å². The first kappa shape index (κ1) is 16.1. The molecule has 1 saturated heterocycles. The van der Waals surface area contributed by atoms with E-state index in [1.54, 1.807) is 18.2 Å². The molecule has 5 nitrogen and oxygen atoms in total. The summed E-state index contributed by atoms with van der Waals surface area (Å²) in [5.74, 6) is -0.0324. The summed E-state index contributed by atoms with van der Waals surface area (Å²) in [6.07, 6.45) is 2.36. The van der Waals surface area contributed by atoms with Gasteiger partial charge in [-0.05, 0) is 37.6 Å². The minimum absolute atomic E-state index is 0.0324. The lowest BCUT2D eigenvalue weighted by Crippen LogP contribution is -2.28. The van der Waals surface area contributed by atoms with E-state index >= 15 is 0 Å². The van der Waals surface area contributed by atoms with Gasteiger partial charge in [-0.25, -0.2) is 0 Å². The number of hydrogen-bond donors (Lipinski definition) is 2. The third-order valence-corrected chi connectivity index (χ3v) is 3.72. The summed E-state index contributed by atoms with van der Waals surface area (Å²) in [7, 11) is 0.